The predicted octanol–water partition coefficient (Wildman–Crippen LogP) is 6.44. The lowest BCUT2D eigenvalue weighted by molar-refractivity contribution is 0.882. The van der Waals surface area contributed by atoms with Gasteiger partial charge in [0.05, 0.1) is 21.1 Å². The summed E-state index contributed by atoms with van der Waals surface area (Å²) in [6, 6.07) is 9.90. The molecule has 0 saturated heterocycles. The van der Waals surface area contributed by atoms with E-state index >= 15 is 0 Å². The van der Waals surface area contributed by atoms with Crippen LogP contribution in [0.3, 0.4) is 0 Å². The van der Waals surface area contributed by atoms with E-state index in [0.29, 0.717) is 15.1 Å². The topological polar surface area (TPSA) is 12.0 Å². The average molecular weight is 329 g/mol. The first-order valence-corrected chi connectivity index (χ1v) is 7.51. The lowest BCUT2D eigenvalue weighted by Gasteiger charge is -2.20. The van der Waals surface area contributed by atoms with E-state index in [4.69, 9.17) is 34.8 Å². The van der Waals surface area contributed by atoms with E-state index in [1.165, 1.54) is 11.1 Å². The standard InChI is InChI=1S/C16H16Cl3N/c1-9-5-4-6-14(10(9)2)20-11(3)12-7-8-13(17)16(19)15(12)18/h4-8,11,20H,1-3H3. The molecule has 0 aliphatic carbocycles. The van der Waals surface area contributed by atoms with E-state index in [0.717, 1.165) is 11.3 Å². The highest BCUT2D eigenvalue weighted by Crippen LogP contribution is 2.36. The molecular weight excluding hydrogens is 313 g/mol. The first-order valence-electron chi connectivity index (χ1n) is 6.38. The second-order valence-electron chi connectivity index (χ2n) is 4.88. The van der Waals surface area contributed by atoms with Crippen LogP contribution < -0.4 is 5.32 Å². The third kappa shape index (κ3) is 3.06. The highest BCUT2D eigenvalue weighted by atomic mass is 35.5. The van der Waals surface area contributed by atoms with Crippen molar-refractivity contribution in [2.75, 3.05) is 5.32 Å². The normalized spacial score (nSPS) is 12.3. The van der Waals surface area contributed by atoms with Crippen molar-refractivity contribution in [1.29, 1.82) is 0 Å². The maximum atomic E-state index is 6.27. The van der Waals surface area contributed by atoms with E-state index in [1.807, 2.05) is 19.1 Å². The van der Waals surface area contributed by atoms with Crippen molar-refractivity contribution in [2.24, 2.45) is 0 Å². The number of rotatable bonds is 3. The van der Waals surface area contributed by atoms with E-state index in [2.05, 4.69) is 31.3 Å². The Kier molecular flexibility index (Phi) is 4.85. The Morgan fingerprint density at radius 2 is 1.65 bits per heavy atom. The Balaban J connectivity index is 2.31. The molecule has 0 bridgehead atoms. The summed E-state index contributed by atoms with van der Waals surface area (Å²) in [6.45, 7) is 6.24. The van der Waals surface area contributed by atoms with Crippen LogP contribution in [-0.4, -0.2) is 0 Å². The van der Waals surface area contributed by atoms with Gasteiger partial charge in [-0.2, -0.15) is 0 Å². The number of anilines is 1. The first kappa shape index (κ1) is 15.5. The maximum Gasteiger partial charge on any atom is 0.0782 e. The highest BCUT2D eigenvalue weighted by molar-refractivity contribution is 6.48. The largest absolute Gasteiger partial charge is 0.378 e. The molecule has 0 radical (unpaired) electrons. The van der Waals surface area contributed by atoms with Gasteiger partial charge in [0.25, 0.3) is 0 Å². The Hall–Kier alpha value is -0.890. The predicted molar refractivity (Wildman–Crippen MR) is 89.4 cm³/mol. The molecule has 1 nitrogen and oxygen atoms in total. The van der Waals surface area contributed by atoms with E-state index in [9.17, 15) is 0 Å². The van der Waals surface area contributed by atoms with Crippen molar-refractivity contribution in [3.05, 3.63) is 62.1 Å². The van der Waals surface area contributed by atoms with Crippen LogP contribution in [-0.2, 0) is 0 Å². The lowest BCUT2D eigenvalue weighted by Crippen LogP contribution is -2.09. The minimum absolute atomic E-state index is 0.0396. The van der Waals surface area contributed by atoms with E-state index in [-0.39, 0.29) is 6.04 Å². The molecule has 1 unspecified atom stereocenters. The second-order valence-corrected chi connectivity index (χ2v) is 6.04. The van der Waals surface area contributed by atoms with Gasteiger partial charge in [-0.3, -0.25) is 0 Å². The molecule has 0 spiro atoms. The molecule has 2 rings (SSSR count). The molecule has 0 heterocycles. The molecule has 2 aromatic rings. The number of aryl methyl sites for hydroxylation is 1. The molecule has 0 aliphatic rings. The molecule has 1 atom stereocenters. The third-order valence-electron chi connectivity index (χ3n) is 3.51. The molecule has 20 heavy (non-hydrogen) atoms. The number of halogens is 3. The quantitative estimate of drug-likeness (QED) is 0.639. The van der Waals surface area contributed by atoms with Crippen LogP contribution in [0, 0.1) is 13.8 Å². The zero-order valence-corrected chi connectivity index (χ0v) is 13.9. The molecule has 2 aromatic carbocycles. The van der Waals surface area contributed by atoms with E-state index < -0.39 is 0 Å². The number of nitrogens with one attached hydrogen (secondary N) is 1. The van der Waals surface area contributed by atoms with Crippen molar-refractivity contribution in [1.82, 2.24) is 0 Å². The van der Waals surface area contributed by atoms with Crippen LogP contribution in [0.1, 0.15) is 29.7 Å². The molecule has 0 aromatic heterocycles. The molecule has 4 heteroatoms. The summed E-state index contributed by atoms with van der Waals surface area (Å²) in [5.41, 5.74) is 4.51. The molecular formula is C16H16Cl3N. The zero-order valence-electron chi connectivity index (χ0n) is 11.6. The van der Waals surface area contributed by atoms with Gasteiger partial charge in [0, 0.05) is 5.69 Å². The minimum atomic E-state index is 0.0396. The summed E-state index contributed by atoms with van der Waals surface area (Å²) < 4.78 is 0. The van der Waals surface area contributed by atoms with Gasteiger partial charge in [-0.05, 0) is 49.6 Å². The van der Waals surface area contributed by atoms with Gasteiger partial charge in [0.15, 0.2) is 0 Å². The summed E-state index contributed by atoms with van der Waals surface area (Å²) in [4.78, 5) is 0. The van der Waals surface area contributed by atoms with Crippen molar-refractivity contribution in [3.8, 4) is 0 Å². The molecule has 1 N–H and O–H groups in total. The Morgan fingerprint density at radius 1 is 0.950 bits per heavy atom. The smallest absolute Gasteiger partial charge is 0.0782 e. The molecule has 0 fully saturated rings. The minimum Gasteiger partial charge on any atom is -0.378 e. The monoisotopic (exact) mass is 327 g/mol. The van der Waals surface area contributed by atoms with Crippen molar-refractivity contribution in [3.63, 3.8) is 0 Å². The Morgan fingerprint density at radius 3 is 2.35 bits per heavy atom. The molecule has 0 saturated carbocycles. The summed E-state index contributed by atoms with van der Waals surface area (Å²) in [5, 5.41) is 4.85. The fraction of sp³-hybridized carbons (Fsp3) is 0.250. The summed E-state index contributed by atoms with van der Waals surface area (Å²) >= 11 is 18.3. The second kappa shape index (κ2) is 6.26. The first-order chi connectivity index (χ1) is 9.41. The van der Waals surface area contributed by atoms with Crippen LogP contribution in [0.4, 0.5) is 5.69 Å². The van der Waals surface area contributed by atoms with Gasteiger partial charge in [0.2, 0.25) is 0 Å². The summed E-state index contributed by atoms with van der Waals surface area (Å²) in [7, 11) is 0. The average Bonchev–Trinajstić information content (AvgIpc) is 2.41. The highest BCUT2D eigenvalue weighted by Gasteiger charge is 2.15. The van der Waals surface area contributed by atoms with Crippen molar-refractivity contribution < 1.29 is 0 Å². The van der Waals surface area contributed by atoms with Crippen molar-refractivity contribution >= 4 is 40.5 Å². The summed E-state index contributed by atoms with van der Waals surface area (Å²) in [6.07, 6.45) is 0. The molecule has 0 amide bonds. The molecule has 0 aliphatic heterocycles. The van der Waals surface area contributed by atoms with Crippen molar-refractivity contribution in [2.45, 2.75) is 26.8 Å². The van der Waals surface area contributed by atoms with Gasteiger partial charge in [-0.25, -0.2) is 0 Å². The lowest BCUT2D eigenvalue weighted by atomic mass is 10.0. The third-order valence-corrected chi connectivity index (χ3v) is 4.82. The van der Waals surface area contributed by atoms with Gasteiger partial charge in [0.1, 0.15) is 0 Å². The van der Waals surface area contributed by atoms with Gasteiger partial charge < -0.3 is 5.32 Å². The van der Waals surface area contributed by atoms with Gasteiger partial charge >= 0.3 is 0 Å². The van der Waals surface area contributed by atoms with E-state index in [1.54, 1.807) is 6.07 Å². The fourth-order valence-corrected chi connectivity index (χ4v) is 2.80. The summed E-state index contributed by atoms with van der Waals surface area (Å²) in [5.74, 6) is 0. The fourth-order valence-electron chi connectivity index (χ4n) is 2.09. The Bertz CT molecular complexity index is 638. The van der Waals surface area contributed by atoms with Crippen LogP contribution >= 0.6 is 34.8 Å². The zero-order chi connectivity index (χ0) is 14.9. The van der Waals surface area contributed by atoms with Crippen LogP contribution in [0.25, 0.3) is 0 Å². The maximum absolute atomic E-state index is 6.27. The van der Waals surface area contributed by atoms with Crippen LogP contribution in [0.2, 0.25) is 15.1 Å². The van der Waals surface area contributed by atoms with Gasteiger partial charge in [-0.1, -0.05) is 53.0 Å². The van der Waals surface area contributed by atoms with Crippen LogP contribution in [0.5, 0.6) is 0 Å². The number of hydrogen-bond acceptors (Lipinski definition) is 1. The number of hydrogen-bond donors (Lipinski definition) is 1. The Labute approximate surface area is 134 Å². The van der Waals surface area contributed by atoms with Gasteiger partial charge in [-0.15, -0.1) is 0 Å². The van der Waals surface area contributed by atoms with Crippen LogP contribution in [0.15, 0.2) is 30.3 Å². The molecule has 106 valence electrons. The SMILES string of the molecule is Cc1cccc(NC(C)c2ccc(Cl)c(Cl)c2Cl)c1C. The number of benzene rings is 2.